The molecule has 0 saturated carbocycles. The van der Waals surface area contributed by atoms with E-state index < -0.39 is 20.8 Å². The maximum Gasteiger partial charge on any atom is 0.0920 e. The molecule has 1 aliphatic heterocycles. The fourth-order valence-corrected chi connectivity index (χ4v) is 6.54. The maximum atomic E-state index is 4.93. The molecule has 0 aromatic heterocycles. The number of hydrogen-bond donors (Lipinski definition) is 0. The zero-order chi connectivity index (χ0) is 27.6. The van der Waals surface area contributed by atoms with Crippen molar-refractivity contribution in [2.45, 2.75) is 46.5 Å². The first kappa shape index (κ1) is 30.1. The molecule has 0 fully saturated rings. The first-order valence-corrected chi connectivity index (χ1v) is 21.0. The molecule has 0 saturated heterocycles. The third kappa shape index (κ3) is 7.89. The fraction of sp³-hybridized carbons (Fsp3) is 0.229. The molecule has 196 valence electrons. The molecular formula is C35H34Cl2SiZr. The van der Waals surface area contributed by atoms with Crippen LogP contribution in [0, 0.1) is 12.0 Å². The van der Waals surface area contributed by atoms with E-state index in [-0.39, 0.29) is 0 Å². The molecule has 2 radical (unpaired) electrons. The Bertz CT molecular complexity index is 1430. The van der Waals surface area contributed by atoms with Crippen LogP contribution in [0.1, 0.15) is 44.7 Å². The number of unbranched alkanes of at least 4 members (excludes halogenated alkanes) is 1. The van der Waals surface area contributed by atoms with E-state index in [9.17, 15) is 0 Å². The number of aryl methyl sites for hydroxylation is 1. The minimum absolute atomic E-state index is 0.701. The van der Waals surface area contributed by atoms with Gasteiger partial charge < -0.3 is 0 Å². The molecular weight excluding hydrogens is 611 g/mol. The second kappa shape index (κ2) is 15.2. The normalized spacial score (nSPS) is 11.1. The van der Waals surface area contributed by atoms with Crippen LogP contribution in [0.4, 0.5) is 0 Å². The Morgan fingerprint density at radius 1 is 0.897 bits per heavy atom. The summed E-state index contributed by atoms with van der Waals surface area (Å²) in [5, 5.41) is 5.64. The molecule has 1 heterocycles. The van der Waals surface area contributed by atoms with Gasteiger partial charge in [0, 0.05) is 0 Å². The van der Waals surface area contributed by atoms with E-state index in [0.29, 0.717) is 5.92 Å². The van der Waals surface area contributed by atoms with Crippen LogP contribution in [-0.4, -0.2) is 9.52 Å². The molecule has 0 spiro atoms. The zero-order valence-corrected chi connectivity index (χ0v) is 27.9. The first-order chi connectivity index (χ1) is 19.0. The Balaban J connectivity index is 0.000000184. The van der Waals surface area contributed by atoms with Gasteiger partial charge in [-0.25, -0.2) is 0 Å². The maximum absolute atomic E-state index is 4.93. The van der Waals surface area contributed by atoms with Gasteiger partial charge in [-0.05, 0) is 30.7 Å². The van der Waals surface area contributed by atoms with Gasteiger partial charge in [0.15, 0.2) is 0 Å². The third-order valence-corrected chi connectivity index (χ3v) is 8.24. The molecule has 5 aromatic carbocycles. The Hall–Kier alpha value is -1.83. The predicted molar refractivity (Wildman–Crippen MR) is 170 cm³/mol. The van der Waals surface area contributed by atoms with E-state index in [4.69, 9.17) is 17.0 Å². The average Bonchev–Trinajstić information content (AvgIpc) is 3.53. The molecule has 1 aliphatic rings. The van der Waals surface area contributed by atoms with E-state index in [2.05, 4.69) is 118 Å². The zero-order valence-electron chi connectivity index (χ0n) is 22.9. The van der Waals surface area contributed by atoms with Crippen molar-refractivity contribution in [3.8, 4) is 22.3 Å². The minimum Gasteiger partial charge on any atom is -0.184 e. The van der Waals surface area contributed by atoms with Gasteiger partial charge in [-0.15, -0.1) is 40.1 Å². The summed E-state index contributed by atoms with van der Waals surface area (Å²) in [6.07, 6.45) is 4.82. The molecule has 0 bridgehead atoms. The van der Waals surface area contributed by atoms with Crippen LogP contribution in [0.15, 0.2) is 97.1 Å². The topological polar surface area (TPSA) is 0 Å². The first-order valence-electron chi connectivity index (χ1n) is 13.7. The third-order valence-electron chi connectivity index (χ3n) is 6.88. The van der Waals surface area contributed by atoms with Crippen LogP contribution < -0.4 is 10.4 Å². The molecule has 6 rings (SSSR count). The summed E-state index contributed by atoms with van der Waals surface area (Å²) in [4.78, 5) is 0. The largest absolute Gasteiger partial charge is 0.184 e. The summed E-state index contributed by atoms with van der Waals surface area (Å²) in [7, 11) is 10.7. The Kier molecular flexibility index (Phi) is 11.8. The van der Waals surface area contributed by atoms with E-state index in [1.807, 2.05) is 6.07 Å². The van der Waals surface area contributed by atoms with Gasteiger partial charge in [-0.3, -0.25) is 0 Å². The van der Waals surface area contributed by atoms with Gasteiger partial charge in [0.25, 0.3) is 0 Å². The van der Waals surface area contributed by atoms with Crippen molar-refractivity contribution in [1.29, 1.82) is 0 Å². The summed E-state index contributed by atoms with van der Waals surface area (Å²) < 4.78 is 0. The molecule has 0 N–H and O–H groups in total. The number of benzene rings is 4. The van der Waals surface area contributed by atoms with E-state index in [1.54, 1.807) is 0 Å². The van der Waals surface area contributed by atoms with Crippen molar-refractivity contribution in [3.63, 3.8) is 0 Å². The molecule has 0 aliphatic carbocycles. The molecule has 0 atom stereocenters. The number of hydrogen-bond acceptors (Lipinski definition) is 0. The molecule has 39 heavy (non-hydrogen) atoms. The van der Waals surface area contributed by atoms with Crippen LogP contribution in [0.3, 0.4) is 0 Å². The van der Waals surface area contributed by atoms with Gasteiger partial charge in [0.05, 0.1) is 9.52 Å². The quantitative estimate of drug-likeness (QED) is 0.125. The standard InChI is InChI=1S/C23H27.C12H7Si.2ClH.Zr/c1-4-5-9-20-12-13-21-15-18(14-17(2)3)16-22(21)23(20)19-10-7-6-8-11-19;1-3-7-11-9(5-1)10-6-2-4-8-12(10)13-11;;;/h6-8,10-13,15-17H,4-5,9,14H2,1-3H3;1-7H;2*1H;/q2*-1;;;+4/p-2. The SMILES string of the molecule is CCCCc1ccc2[cH-]c(CC(C)C)cc2c1-c1ccccc1.[Cl][Zr+2][Cl].[c-]1cccc2c1[Si]c1ccccc1-2. The van der Waals surface area contributed by atoms with Crippen LogP contribution in [0.5, 0.6) is 0 Å². The average molecular weight is 645 g/mol. The van der Waals surface area contributed by atoms with Crippen LogP contribution in [0.25, 0.3) is 33.0 Å². The Labute approximate surface area is 255 Å². The van der Waals surface area contributed by atoms with Gasteiger partial charge in [0.1, 0.15) is 0 Å². The smallest absolute Gasteiger partial charge is 0.0920 e. The van der Waals surface area contributed by atoms with E-state index in [0.717, 1.165) is 15.9 Å². The summed E-state index contributed by atoms with van der Waals surface area (Å²) in [5.74, 6) is 0.701. The van der Waals surface area contributed by atoms with E-state index in [1.165, 1.54) is 73.8 Å². The summed E-state index contributed by atoms with van der Waals surface area (Å²) in [5.41, 5.74) is 8.54. The minimum atomic E-state index is -0.826. The Morgan fingerprint density at radius 2 is 1.62 bits per heavy atom. The van der Waals surface area contributed by atoms with Crippen molar-refractivity contribution in [2.75, 3.05) is 0 Å². The summed E-state index contributed by atoms with van der Waals surface area (Å²) in [6, 6.07) is 38.5. The van der Waals surface area contributed by atoms with Gasteiger partial charge in [-0.1, -0.05) is 104 Å². The van der Waals surface area contributed by atoms with Gasteiger partial charge >= 0.3 is 37.9 Å². The second-order valence-corrected chi connectivity index (χ2v) is 15.3. The van der Waals surface area contributed by atoms with E-state index >= 15 is 0 Å². The van der Waals surface area contributed by atoms with Crippen LogP contribution >= 0.6 is 17.0 Å². The number of halogens is 2. The van der Waals surface area contributed by atoms with Gasteiger partial charge in [0.2, 0.25) is 0 Å². The predicted octanol–water partition coefficient (Wildman–Crippen LogP) is 9.27. The molecule has 4 heteroatoms. The number of fused-ring (bicyclic) bond motifs is 4. The van der Waals surface area contributed by atoms with Crippen LogP contribution in [0.2, 0.25) is 0 Å². The van der Waals surface area contributed by atoms with Crippen molar-refractivity contribution in [3.05, 3.63) is 114 Å². The fourth-order valence-electron chi connectivity index (χ4n) is 5.23. The molecule has 0 unspecified atom stereocenters. The molecule has 5 aromatic rings. The summed E-state index contributed by atoms with van der Waals surface area (Å²) in [6.45, 7) is 6.86. The number of rotatable bonds is 6. The van der Waals surface area contributed by atoms with Crippen molar-refractivity contribution < 1.29 is 20.8 Å². The summed E-state index contributed by atoms with van der Waals surface area (Å²) >= 11 is -0.826. The van der Waals surface area contributed by atoms with Crippen molar-refractivity contribution >= 4 is 47.7 Å². The second-order valence-electron chi connectivity index (χ2n) is 10.2. The van der Waals surface area contributed by atoms with Crippen LogP contribution in [-0.2, 0) is 33.7 Å². The molecule has 0 amide bonds. The van der Waals surface area contributed by atoms with Crippen molar-refractivity contribution in [1.82, 2.24) is 0 Å². The monoisotopic (exact) mass is 642 g/mol. The molecule has 0 nitrogen and oxygen atoms in total. The van der Waals surface area contributed by atoms with Gasteiger partial charge in [-0.2, -0.15) is 35.5 Å². The van der Waals surface area contributed by atoms with Crippen molar-refractivity contribution in [2.24, 2.45) is 5.92 Å². The Morgan fingerprint density at radius 3 is 2.36 bits per heavy atom.